The largest absolute Gasteiger partial charge is 0.493 e. The van der Waals surface area contributed by atoms with Gasteiger partial charge in [-0.15, -0.1) is 0 Å². The first-order chi connectivity index (χ1) is 16.9. The number of benzene rings is 2. The van der Waals surface area contributed by atoms with Crippen LogP contribution < -0.4 is 9.47 Å². The topological polar surface area (TPSA) is 85.4 Å². The number of hydrogen-bond acceptors (Lipinski definition) is 7. The van der Waals surface area contributed by atoms with Crippen molar-refractivity contribution in [2.24, 2.45) is 0 Å². The van der Waals surface area contributed by atoms with Crippen molar-refractivity contribution in [3.05, 3.63) is 61.9 Å². The molecule has 0 atom stereocenters. The molecule has 8 nitrogen and oxygen atoms in total. The van der Waals surface area contributed by atoms with E-state index in [4.69, 9.17) is 25.8 Å². The molecule has 4 rings (SSSR count). The molecule has 2 saturated heterocycles. The second-order valence-corrected chi connectivity index (χ2v) is 9.99. The smallest absolute Gasteiger partial charge is 0.294 e. The Morgan fingerprint density at radius 3 is 2.60 bits per heavy atom. The summed E-state index contributed by atoms with van der Waals surface area (Å²) in [5.41, 5.74) is 1.57. The molecule has 0 spiro atoms. The predicted octanol–water partition coefficient (Wildman–Crippen LogP) is 4.59. The minimum Gasteiger partial charge on any atom is -0.493 e. The van der Waals surface area contributed by atoms with E-state index in [1.165, 1.54) is 7.11 Å². The van der Waals surface area contributed by atoms with Gasteiger partial charge in [0.25, 0.3) is 11.1 Å². The summed E-state index contributed by atoms with van der Waals surface area (Å²) in [6, 6.07) is 10.8. The van der Waals surface area contributed by atoms with E-state index in [2.05, 4.69) is 15.9 Å². The van der Waals surface area contributed by atoms with Crippen LogP contribution in [-0.4, -0.2) is 66.8 Å². The van der Waals surface area contributed by atoms with Crippen LogP contribution in [0.15, 0.2) is 45.8 Å². The van der Waals surface area contributed by atoms with Gasteiger partial charge in [0.2, 0.25) is 5.91 Å². The third-order valence-corrected chi connectivity index (χ3v) is 7.13. The Hall–Kier alpha value is -2.53. The van der Waals surface area contributed by atoms with Crippen LogP contribution in [-0.2, 0) is 20.9 Å². The first-order valence-electron chi connectivity index (χ1n) is 10.7. The molecule has 2 aromatic rings. The Kier molecular flexibility index (Phi) is 8.38. The Labute approximate surface area is 220 Å². The lowest BCUT2D eigenvalue weighted by Gasteiger charge is -2.28. The number of hydrogen-bond donors (Lipinski definition) is 0. The molecule has 3 amide bonds. The van der Waals surface area contributed by atoms with Gasteiger partial charge in [-0.2, -0.15) is 0 Å². The van der Waals surface area contributed by atoms with E-state index in [0.29, 0.717) is 59.5 Å². The predicted molar refractivity (Wildman–Crippen MR) is 137 cm³/mol. The quantitative estimate of drug-likeness (QED) is 0.443. The molecule has 2 heterocycles. The van der Waals surface area contributed by atoms with Gasteiger partial charge in [0.05, 0.1) is 29.7 Å². The summed E-state index contributed by atoms with van der Waals surface area (Å²) < 4.78 is 17.3. The number of carbonyl (C=O) groups is 3. The molecule has 35 heavy (non-hydrogen) atoms. The molecular formula is C24H22BrClN2O6S. The lowest BCUT2D eigenvalue weighted by Crippen LogP contribution is -2.46. The third kappa shape index (κ3) is 6.19. The zero-order valence-corrected chi connectivity index (χ0v) is 22.0. The highest BCUT2D eigenvalue weighted by atomic mass is 79.9. The molecule has 0 saturated carbocycles. The fraction of sp³-hybridized carbons (Fsp3) is 0.292. The fourth-order valence-electron chi connectivity index (χ4n) is 3.54. The van der Waals surface area contributed by atoms with Crippen molar-refractivity contribution in [1.29, 1.82) is 0 Å². The molecule has 0 unspecified atom stereocenters. The average molecular weight is 582 g/mol. The number of morpholine rings is 1. The summed E-state index contributed by atoms with van der Waals surface area (Å²) in [5, 5.41) is 0.170. The number of halogens is 2. The molecule has 0 aliphatic carbocycles. The van der Waals surface area contributed by atoms with Crippen molar-refractivity contribution in [2.75, 3.05) is 40.0 Å². The van der Waals surface area contributed by atoms with E-state index < -0.39 is 11.1 Å². The van der Waals surface area contributed by atoms with Gasteiger partial charge >= 0.3 is 0 Å². The maximum Gasteiger partial charge on any atom is 0.294 e. The number of ether oxygens (including phenoxy) is 3. The van der Waals surface area contributed by atoms with E-state index in [1.807, 2.05) is 12.1 Å². The summed E-state index contributed by atoms with van der Waals surface area (Å²) in [7, 11) is 1.52. The van der Waals surface area contributed by atoms with Crippen molar-refractivity contribution in [3.63, 3.8) is 0 Å². The van der Waals surface area contributed by atoms with Gasteiger partial charge in [-0.1, -0.05) is 23.7 Å². The first-order valence-corrected chi connectivity index (χ1v) is 12.7. The van der Waals surface area contributed by atoms with E-state index in [0.717, 1.165) is 22.2 Å². The number of carbonyl (C=O) groups excluding carboxylic acids is 3. The minimum absolute atomic E-state index is 0.230. The second-order valence-electron chi connectivity index (χ2n) is 7.71. The number of nitrogens with zero attached hydrogens (tertiary/aromatic N) is 2. The van der Waals surface area contributed by atoms with Gasteiger partial charge in [-0.25, -0.2) is 0 Å². The average Bonchev–Trinajstić information content (AvgIpc) is 3.11. The van der Waals surface area contributed by atoms with E-state index in [9.17, 15) is 14.4 Å². The lowest BCUT2D eigenvalue weighted by atomic mass is 10.1. The summed E-state index contributed by atoms with van der Waals surface area (Å²) in [6.07, 6.45) is 1.60. The standard InChI is InChI=1S/C24H22BrClN2O6S/c1-32-19-11-16(10-18(25)22(19)34-14-15-2-4-17(26)5-3-15)12-20-23(30)28(24(31)35-20)13-21(29)27-6-8-33-9-7-27/h2-5,10-12H,6-9,13-14H2,1H3/b20-12-. The van der Waals surface area contributed by atoms with Crippen LogP contribution in [0.1, 0.15) is 11.1 Å². The van der Waals surface area contributed by atoms with Gasteiger partial charge in [0.1, 0.15) is 13.2 Å². The van der Waals surface area contributed by atoms with Crippen molar-refractivity contribution in [3.8, 4) is 11.5 Å². The first kappa shape index (κ1) is 25.6. The van der Waals surface area contributed by atoms with Crippen molar-refractivity contribution in [2.45, 2.75) is 6.61 Å². The molecule has 11 heteroatoms. The van der Waals surface area contributed by atoms with Gasteiger partial charge in [0.15, 0.2) is 11.5 Å². The van der Waals surface area contributed by atoms with Crippen LogP contribution in [0.5, 0.6) is 11.5 Å². The highest BCUT2D eigenvalue weighted by Crippen LogP contribution is 2.39. The van der Waals surface area contributed by atoms with Gasteiger partial charge in [-0.05, 0) is 69.2 Å². The maximum absolute atomic E-state index is 12.9. The molecule has 0 N–H and O–H groups in total. The summed E-state index contributed by atoms with van der Waals surface area (Å²) >= 11 is 10.2. The van der Waals surface area contributed by atoms with Crippen LogP contribution in [0.3, 0.4) is 0 Å². The number of imide groups is 1. The van der Waals surface area contributed by atoms with Gasteiger partial charge < -0.3 is 19.1 Å². The van der Waals surface area contributed by atoms with Crippen molar-refractivity contribution in [1.82, 2.24) is 9.80 Å². The van der Waals surface area contributed by atoms with E-state index >= 15 is 0 Å². The molecule has 2 fully saturated rings. The normalized spacial score (nSPS) is 17.3. The zero-order valence-electron chi connectivity index (χ0n) is 18.8. The minimum atomic E-state index is -0.500. The van der Waals surface area contributed by atoms with E-state index in [1.54, 1.807) is 35.2 Å². The summed E-state index contributed by atoms with van der Waals surface area (Å²) in [4.78, 5) is 40.6. The highest BCUT2D eigenvalue weighted by Gasteiger charge is 2.37. The SMILES string of the molecule is COc1cc(/C=C2\SC(=O)N(CC(=O)N3CCOCC3)C2=O)cc(Br)c1OCc1ccc(Cl)cc1. The molecule has 0 aromatic heterocycles. The van der Waals surface area contributed by atoms with Crippen LogP contribution in [0.2, 0.25) is 5.02 Å². The molecule has 0 bridgehead atoms. The van der Waals surface area contributed by atoms with Gasteiger partial charge in [-0.3, -0.25) is 19.3 Å². The number of rotatable bonds is 7. The number of thioether (sulfide) groups is 1. The third-order valence-electron chi connectivity index (χ3n) is 5.38. The Bertz CT molecular complexity index is 1170. The fourth-order valence-corrected chi connectivity index (χ4v) is 5.07. The number of methoxy groups -OCH3 is 1. The van der Waals surface area contributed by atoms with Gasteiger partial charge in [0, 0.05) is 18.1 Å². The van der Waals surface area contributed by atoms with Crippen molar-refractivity contribution < 1.29 is 28.6 Å². The lowest BCUT2D eigenvalue weighted by molar-refractivity contribution is -0.139. The Morgan fingerprint density at radius 1 is 1.20 bits per heavy atom. The second kappa shape index (κ2) is 11.5. The Morgan fingerprint density at radius 2 is 1.91 bits per heavy atom. The van der Waals surface area contributed by atoms with E-state index in [-0.39, 0.29) is 17.4 Å². The molecule has 2 aliphatic heterocycles. The highest BCUT2D eigenvalue weighted by molar-refractivity contribution is 9.10. The number of amides is 3. The monoisotopic (exact) mass is 580 g/mol. The molecule has 0 radical (unpaired) electrons. The Balaban J connectivity index is 1.47. The maximum atomic E-state index is 12.9. The zero-order chi connectivity index (χ0) is 24.9. The summed E-state index contributed by atoms with van der Waals surface area (Å²) in [6.45, 7) is 1.82. The van der Waals surface area contributed by atoms with Crippen molar-refractivity contribution >= 4 is 62.4 Å². The van der Waals surface area contributed by atoms with Crippen LogP contribution in [0.25, 0.3) is 6.08 Å². The van der Waals surface area contributed by atoms with Crippen LogP contribution in [0.4, 0.5) is 4.79 Å². The molecular weight excluding hydrogens is 560 g/mol. The van der Waals surface area contributed by atoms with Crippen LogP contribution >= 0.6 is 39.3 Å². The molecule has 2 aromatic carbocycles. The molecule has 2 aliphatic rings. The van der Waals surface area contributed by atoms with Crippen LogP contribution in [0, 0.1) is 0 Å². The summed E-state index contributed by atoms with van der Waals surface area (Å²) in [5.74, 6) is 0.188. The molecule has 184 valence electrons.